The first-order valence-corrected chi connectivity index (χ1v) is 7.26. The van der Waals surface area contributed by atoms with Crippen LogP contribution in [0.2, 0.25) is 0 Å². The molecule has 1 aliphatic heterocycles. The molecule has 1 heterocycles. The summed E-state index contributed by atoms with van der Waals surface area (Å²) >= 11 is 0. The van der Waals surface area contributed by atoms with Gasteiger partial charge in [-0.25, -0.2) is 0 Å². The van der Waals surface area contributed by atoms with Crippen molar-refractivity contribution in [2.24, 2.45) is 0 Å². The fourth-order valence-corrected chi connectivity index (χ4v) is 1.68. The van der Waals surface area contributed by atoms with Gasteiger partial charge in [0.05, 0.1) is 6.61 Å². The van der Waals surface area contributed by atoms with E-state index in [1.807, 2.05) is 12.2 Å². The van der Waals surface area contributed by atoms with Gasteiger partial charge in [0.1, 0.15) is 0 Å². The molecule has 0 N–H and O–H groups in total. The van der Waals surface area contributed by atoms with Gasteiger partial charge in [0.15, 0.2) is 6.29 Å². The fourth-order valence-electron chi connectivity index (χ4n) is 1.68. The lowest BCUT2D eigenvalue weighted by molar-refractivity contribution is -0.161. The predicted octanol–water partition coefficient (Wildman–Crippen LogP) is 3.67. The summed E-state index contributed by atoms with van der Waals surface area (Å²) < 4.78 is 11.1. The Bertz CT molecular complexity index is 356. The quantitative estimate of drug-likeness (QED) is 0.554. The van der Waals surface area contributed by atoms with Crippen molar-refractivity contribution in [3.63, 3.8) is 0 Å². The molecule has 1 saturated heterocycles. The molecule has 1 atom stereocenters. The SMILES string of the molecule is CCCC#C/C=C/CC#CCCOC1CCCCO1. The van der Waals surface area contributed by atoms with Crippen LogP contribution in [0.5, 0.6) is 0 Å². The highest BCUT2D eigenvalue weighted by Crippen LogP contribution is 2.13. The second-order valence-corrected chi connectivity index (χ2v) is 4.45. The van der Waals surface area contributed by atoms with Crippen molar-refractivity contribution < 1.29 is 9.47 Å². The van der Waals surface area contributed by atoms with Crippen molar-refractivity contribution in [2.45, 2.75) is 58.2 Å². The van der Waals surface area contributed by atoms with Crippen LogP contribution in [0.25, 0.3) is 0 Å². The number of rotatable bonds is 5. The Hall–Kier alpha value is -1.22. The van der Waals surface area contributed by atoms with Gasteiger partial charge in [-0.1, -0.05) is 30.8 Å². The van der Waals surface area contributed by atoms with Crippen molar-refractivity contribution in [3.05, 3.63) is 12.2 Å². The average Bonchev–Trinajstić information content (AvgIpc) is 2.46. The van der Waals surface area contributed by atoms with E-state index in [1.165, 1.54) is 6.42 Å². The van der Waals surface area contributed by atoms with E-state index >= 15 is 0 Å². The first kappa shape index (κ1) is 15.8. The molecule has 1 rings (SSSR count). The molecule has 0 bridgehead atoms. The zero-order valence-corrected chi connectivity index (χ0v) is 11.9. The molecule has 0 amide bonds. The van der Waals surface area contributed by atoms with Crippen molar-refractivity contribution in [1.82, 2.24) is 0 Å². The molecule has 1 unspecified atom stereocenters. The second kappa shape index (κ2) is 11.8. The van der Waals surface area contributed by atoms with Crippen LogP contribution in [0.1, 0.15) is 51.9 Å². The van der Waals surface area contributed by atoms with Crippen LogP contribution in [0.3, 0.4) is 0 Å². The van der Waals surface area contributed by atoms with Crippen LogP contribution >= 0.6 is 0 Å². The first-order chi connectivity index (χ1) is 9.43. The van der Waals surface area contributed by atoms with E-state index in [-0.39, 0.29) is 6.29 Å². The Morgan fingerprint density at radius 1 is 1.21 bits per heavy atom. The monoisotopic (exact) mass is 260 g/mol. The zero-order chi connectivity index (χ0) is 13.6. The van der Waals surface area contributed by atoms with E-state index < -0.39 is 0 Å². The molecule has 0 radical (unpaired) electrons. The number of hydrogen-bond donors (Lipinski definition) is 0. The van der Waals surface area contributed by atoms with Crippen molar-refractivity contribution in [1.29, 1.82) is 0 Å². The van der Waals surface area contributed by atoms with E-state index in [9.17, 15) is 0 Å². The number of unbranched alkanes of at least 4 members (excludes halogenated alkanes) is 1. The maximum Gasteiger partial charge on any atom is 0.157 e. The van der Waals surface area contributed by atoms with Crippen molar-refractivity contribution >= 4 is 0 Å². The van der Waals surface area contributed by atoms with Crippen molar-refractivity contribution in [3.8, 4) is 23.7 Å². The normalized spacial score (nSPS) is 18.5. The third kappa shape index (κ3) is 9.37. The van der Waals surface area contributed by atoms with E-state index in [4.69, 9.17) is 9.47 Å². The van der Waals surface area contributed by atoms with Gasteiger partial charge in [-0.05, 0) is 31.8 Å². The molecule has 0 aromatic carbocycles. The highest BCUT2D eigenvalue weighted by Gasteiger charge is 2.12. The Morgan fingerprint density at radius 3 is 2.95 bits per heavy atom. The second-order valence-electron chi connectivity index (χ2n) is 4.45. The van der Waals surface area contributed by atoms with E-state index in [2.05, 4.69) is 30.6 Å². The zero-order valence-electron chi connectivity index (χ0n) is 11.9. The minimum Gasteiger partial charge on any atom is -0.353 e. The minimum absolute atomic E-state index is 0.00397. The summed E-state index contributed by atoms with van der Waals surface area (Å²) in [6.07, 6.45) is 10.9. The van der Waals surface area contributed by atoms with Crippen LogP contribution < -0.4 is 0 Å². The third-order valence-electron chi connectivity index (χ3n) is 2.69. The molecule has 2 nitrogen and oxygen atoms in total. The molecule has 104 valence electrons. The summed E-state index contributed by atoms with van der Waals surface area (Å²) in [5.74, 6) is 12.2. The molecule has 2 heteroatoms. The standard InChI is InChI=1S/C17H24O2/c1-2-3-4-5-6-7-8-9-10-12-15-18-17-14-11-13-16-19-17/h6-7,17H,2-3,8,11-16H2,1H3/b7-6+. The average molecular weight is 260 g/mol. The van der Waals surface area contributed by atoms with Crippen molar-refractivity contribution in [2.75, 3.05) is 13.2 Å². The molecule has 0 spiro atoms. The van der Waals surface area contributed by atoms with Crippen LogP contribution in [0, 0.1) is 23.7 Å². The van der Waals surface area contributed by atoms with E-state index in [1.54, 1.807) is 0 Å². The summed E-state index contributed by atoms with van der Waals surface area (Å²) in [6.45, 7) is 3.63. The fraction of sp³-hybridized carbons (Fsp3) is 0.647. The molecule has 0 aromatic rings. The Morgan fingerprint density at radius 2 is 2.16 bits per heavy atom. The van der Waals surface area contributed by atoms with Crippen LogP contribution in [0.15, 0.2) is 12.2 Å². The molecular formula is C17H24O2. The summed E-state index contributed by atoms with van der Waals surface area (Å²) in [6, 6.07) is 0. The maximum atomic E-state index is 5.59. The summed E-state index contributed by atoms with van der Waals surface area (Å²) in [5, 5.41) is 0. The van der Waals surface area contributed by atoms with E-state index in [0.29, 0.717) is 6.61 Å². The van der Waals surface area contributed by atoms with Gasteiger partial charge in [-0.3, -0.25) is 0 Å². The molecule has 0 saturated carbocycles. The summed E-state index contributed by atoms with van der Waals surface area (Å²) in [5.41, 5.74) is 0. The number of ether oxygens (including phenoxy) is 2. The van der Waals surface area contributed by atoms with Gasteiger partial charge < -0.3 is 9.47 Å². The van der Waals surface area contributed by atoms with Crippen LogP contribution in [-0.2, 0) is 9.47 Å². The lowest BCUT2D eigenvalue weighted by Gasteiger charge is -2.22. The molecule has 1 aliphatic rings. The van der Waals surface area contributed by atoms with Crippen LogP contribution in [-0.4, -0.2) is 19.5 Å². The predicted molar refractivity (Wildman–Crippen MR) is 78.4 cm³/mol. The number of hydrogen-bond acceptors (Lipinski definition) is 2. The lowest BCUT2D eigenvalue weighted by Crippen LogP contribution is -2.22. The third-order valence-corrected chi connectivity index (χ3v) is 2.69. The molecule has 1 fully saturated rings. The molecule has 0 aliphatic carbocycles. The topological polar surface area (TPSA) is 18.5 Å². The first-order valence-electron chi connectivity index (χ1n) is 7.26. The Kier molecular flexibility index (Phi) is 9.87. The molecular weight excluding hydrogens is 236 g/mol. The van der Waals surface area contributed by atoms with E-state index in [0.717, 1.165) is 45.1 Å². The maximum absolute atomic E-state index is 5.59. The van der Waals surface area contributed by atoms with Crippen LogP contribution in [0.4, 0.5) is 0 Å². The minimum atomic E-state index is 0.00397. The highest BCUT2D eigenvalue weighted by molar-refractivity contribution is 5.17. The van der Waals surface area contributed by atoms with Gasteiger partial charge in [-0.15, -0.1) is 5.92 Å². The largest absolute Gasteiger partial charge is 0.353 e. The lowest BCUT2D eigenvalue weighted by atomic mass is 10.2. The van der Waals surface area contributed by atoms with Gasteiger partial charge in [0.2, 0.25) is 0 Å². The van der Waals surface area contributed by atoms with Gasteiger partial charge >= 0.3 is 0 Å². The van der Waals surface area contributed by atoms with Gasteiger partial charge in [0, 0.05) is 25.9 Å². The molecule has 0 aromatic heterocycles. The smallest absolute Gasteiger partial charge is 0.157 e. The highest BCUT2D eigenvalue weighted by atomic mass is 16.7. The number of allylic oxidation sites excluding steroid dienone is 2. The summed E-state index contributed by atoms with van der Waals surface area (Å²) in [4.78, 5) is 0. The van der Waals surface area contributed by atoms with Gasteiger partial charge in [-0.2, -0.15) is 0 Å². The van der Waals surface area contributed by atoms with Gasteiger partial charge in [0.25, 0.3) is 0 Å². The Balaban J connectivity index is 1.97. The Labute approximate surface area is 117 Å². The summed E-state index contributed by atoms with van der Waals surface area (Å²) in [7, 11) is 0. The molecule has 19 heavy (non-hydrogen) atoms.